The van der Waals surface area contributed by atoms with Crippen LogP contribution < -0.4 is 10.6 Å². The number of aliphatic imine (C=N–C) groups is 1. The molecule has 0 spiro atoms. The number of hydrogen-bond donors (Lipinski definition) is 2. The zero-order valence-electron chi connectivity index (χ0n) is 12.3. The van der Waals surface area contributed by atoms with Gasteiger partial charge in [0.15, 0.2) is 0 Å². The first-order chi connectivity index (χ1) is 9.33. The van der Waals surface area contributed by atoms with Crippen LogP contribution >= 0.6 is 0 Å². The van der Waals surface area contributed by atoms with Crippen LogP contribution in [0.5, 0.6) is 0 Å². The van der Waals surface area contributed by atoms with E-state index in [-0.39, 0.29) is 0 Å². The van der Waals surface area contributed by atoms with Crippen LogP contribution in [0.1, 0.15) is 44.2 Å². The van der Waals surface area contributed by atoms with Gasteiger partial charge in [0.05, 0.1) is 5.69 Å². The van der Waals surface area contributed by atoms with Crippen LogP contribution in [0.4, 0.5) is 5.69 Å². The van der Waals surface area contributed by atoms with Crippen LogP contribution in [0.15, 0.2) is 29.3 Å². The summed E-state index contributed by atoms with van der Waals surface area (Å²) in [4.78, 5) is 4.14. The lowest BCUT2D eigenvalue weighted by atomic mass is 9.99. The third-order valence-corrected chi connectivity index (χ3v) is 3.34. The van der Waals surface area contributed by atoms with E-state index < -0.39 is 0 Å². The maximum atomic E-state index is 4.14. The van der Waals surface area contributed by atoms with Gasteiger partial charge in [-0.25, -0.2) is 0 Å². The van der Waals surface area contributed by atoms with Gasteiger partial charge in [-0.05, 0) is 31.8 Å². The van der Waals surface area contributed by atoms with E-state index in [2.05, 4.69) is 41.4 Å². The van der Waals surface area contributed by atoms with Crippen molar-refractivity contribution in [2.45, 2.75) is 38.6 Å². The summed E-state index contributed by atoms with van der Waals surface area (Å²) in [6.45, 7) is 7.87. The Hall–Kier alpha value is -1.19. The van der Waals surface area contributed by atoms with Crippen molar-refractivity contribution in [3.63, 3.8) is 0 Å². The van der Waals surface area contributed by atoms with Gasteiger partial charge in [0.2, 0.25) is 0 Å². The molecule has 0 aliphatic carbocycles. The highest BCUT2D eigenvalue weighted by Crippen LogP contribution is 2.28. The minimum Gasteiger partial charge on any atom is -0.318 e. The first-order valence-electron chi connectivity index (χ1n) is 7.27. The summed E-state index contributed by atoms with van der Waals surface area (Å²) in [7, 11) is 1.98. The Kier molecular flexibility index (Phi) is 8.10. The molecule has 1 aromatic carbocycles. The molecule has 106 valence electrons. The van der Waals surface area contributed by atoms with E-state index in [1.54, 1.807) is 0 Å². The largest absolute Gasteiger partial charge is 0.318 e. The van der Waals surface area contributed by atoms with Crippen molar-refractivity contribution >= 4 is 12.4 Å². The van der Waals surface area contributed by atoms with Gasteiger partial charge < -0.3 is 10.6 Å². The van der Waals surface area contributed by atoms with Gasteiger partial charge in [-0.3, -0.25) is 4.99 Å². The lowest BCUT2D eigenvalue weighted by Gasteiger charge is -2.20. The molecule has 0 bridgehead atoms. The molecule has 0 aromatic heterocycles. The van der Waals surface area contributed by atoms with Crippen LogP contribution in [-0.2, 0) is 0 Å². The van der Waals surface area contributed by atoms with Crippen LogP contribution in [0, 0.1) is 0 Å². The molecule has 0 saturated carbocycles. The number of likely N-dealkylation sites (N-methyl/N-ethyl adjacent to an activating group) is 1. The standard InChI is InChI=1S/C16H27N3/c1-4-5-6-11-16(19-13-12-17-2)14-9-7-8-10-15(14)18-3/h7-10,16-17,19H,3-6,11-13H2,1-2H3. The Bertz CT molecular complexity index is 353. The average Bonchev–Trinajstić information content (AvgIpc) is 2.46. The highest BCUT2D eigenvalue weighted by atomic mass is 15.0. The molecule has 0 aliphatic rings. The van der Waals surface area contributed by atoms with Crippen molar-refractivity contribution in [1.82, 2.24) is 10.6 Å². The molecule has 2 N–H and O–H groups in total. The van der Waals surface area contributed by atoms with Gasteiger partial charge in [0.25, 0.3) is 0 Å². The molecule has 1 aromatic rings. The fourth-order valence-electron chi connectivity index (χ4n) is 2.26. The molecule has 0 radical (unpaired) electrons. The van der Waals surface area contributed by atoms with E-state index in [0.29, 0.717) is 6.04 Å². The summed E-state index contributed by atoms with van der Waals surface area (Å²) >= 11 is 0. The molecule has 0 amide bonds. The van der Waals surface area contributed by atoms with E-state index in [1.807, 2.05) is 19.2 Å². The number of nitrogens with zero attached hydrogens (tertiary/aromatic N) is 1. The highest BCUT2D eigenvalue weighted by molar-refractivity contribution is 5.52. The van der Waals surface area contributed by atoms with Gasteiger partial charge >= 0.3 is 0 Å². The average molecular weight is 261 g/mol. The number of rotatable bonds is 10. The second kappa shape index (κ2) is 9.70. The van der Waals surface area contributed by atoms with E-state index in [1.165, 1.54) is 24.8 Å². The lowest BCUT2D eigenvalue weighted by molar-refractivity contribution is 0.473. The Morgan fingerprint density at radius 1 is 1.21 bits per heavy atom. The number of hydrogen-bond acceptors (Lipinski definition) is 3. The quantitative estimate of drug-likeness (QED) is 0.500. The molecular formula is C16H27N3. The normalized spacial score (nSPS) is 12.3. The van der Waals surface area contributed by atoms with Gasteiger partial charge in [-0.1, -0.05) is 44.4 Å². The van der Waals surface area contributed by atoms with E-state index in [0.717, 1.165) is 25.2 Å². The summed E-state index contributed by atoms with van der Waals surface area (Å²) < 4.78 is 0. The molecule has 19 heavy (non-hydrogen) atoms. The third kappa shape index (κ3) is 5.53. The first-order valence-corrected chi connectivity index (χ1v) is 7.27. The van der Waals surface area contributed by atoms with E-state index in [9.17, 15) is 0 Å². The maximum Gasteiger partial charge on any atom is 0.0670 e. The van der Waals surface area contributed by atoms with Gasteiger partial charge in [0.1, 0.15) is 0 Å². The summed E-state index contributed by atoms with van der Waals surface area (Å²) in [5.74, 6) is 0. The van der Waals surface area contributed by atoms with Crippen molar-refractivity contribution in [2.24, 2.45) is 4.99 Å². The Morgan fingerprint density at radius 3 is 2.68 bits per heavy atom. The molecule has 3 heteroatoms. The molecule has 1 rings (SSSR count). The monoisotopic (exact) mass is 261 g/mol. The fourth-order valence-corrected chi connectivity index (χ4v) is 2.26. The Labute approximate surface area is 117 Å². The van der Waals surface area contributed by atoms with Crippen LogP contribution in [0.25, 0.3) is 0 Å². The fraction of sp³-hybridized carbons (Fsp3) is 0.562. The zero-order chi connectivity index (χ0) is 13.9. The molecule has 0 fully saturated rings. The zero-order valence-corrected chi connectivity index (χ0v) is 12.3. The van der Waals surface area contributed by atoms with Gasteiger partial charge in [-0.15, -0.1) is 0 Å². The number of para-hydroxylation sites is 1. The van der Waals surface area contributed by atoms with Crippen molar-refractivity contribution in [3.8, 4) is 0 Å². The summed E-state index contributed by atoms with van der Waals surface area (Å²) in [5.41, 5.74) is 2.27. The second-order valence-corrected chi connectivity index (χ2v) is 4.82. The predicted octanol–water partition coefficient (Wildman–Crippen LogP) is 3.45. The highest BCUT2D eigenvalue weighted by Gasteiger charge is 2.13. The lowest BCUT2D eigenvalue weighted by Crippen LogP contribution is -2.28. The Balaban J connectivity index is 2.72. The minimum absolute atomic E-state index is 0.376. The SMILES string of the molecule is C=Nc1ccccc1C(CCCCC)NCCNC. The van der Waals surface area contributed by atoms with Crippen molar-refractivity contribution in [3.05, 3.63) is 29.8 Å². The van der Waals surface area contributed by atoms with Crippen LogP contribution in [0.3, 0.4) is 0 Å². The predicted molar refractivity (Wildman–Crippen MR) is 84.5 cm³/mol. The molecule has 0 saturated heterocycles. The number of nitrogens with one attached hydrogen (secondary N) is 2. The molecule has 0 heterocycles. The topological polar surface area (TPSA) is 36.4 Å². The molecule has 1 unspecified atom stereocenters. The van der Waals surface area contributed by atoms with Gasteiger partial charge in [0, 0.05) is 19.1 Å². The molecular weight excluding hydrogens is 234 g/mol. The molecule has 1 atom stereocenters. The van der Waals surface area contributed by atoms with Gasteiger partial charge in [-0.2, -0.15) is 0 Å². The summed E-state index contributed by atoms with van der Waals surface area (Å²) in [5, 5.41) is 6.79. The van der Waals surface area contributed by atoms with Crippen molar-refractivity contribution in [1.29, 1.82) is 0 Å². The van der Waals surface area contributed by atoms with Crippen LogP contribution in [-0.4, -0.2) is 26.9 Å². The number of unbranched alkanes of at least 4 members (excludes halogenated alkanes) is 2. The first kappa shape index (κ1) is 15.9. The maximum absolute atomic E-state index is 4.14. The van der Waals surface area contributed by atoms with Crippen LogP contribution in [0.2, 0.25) is 0 Å². The molecule has 0 aliphatic heterocycles. The summed E-state index contributed by atoms with van der Waals surface area (Å²) in [6.07, 6.45) is 4.95. The second-order valence-electron chi connectivity index (χ2n) is 4.82. The van der Waals surface area contributed by atoms with Crippen molar-refractivity contribution < 1.29 is 0 Å². The smallest absolute Gasteiger partial charge is 0.0670 e. The van der Waals surface area contributed by atoms with E-state index >= 15 is 0 Å². The minimum atomic E-state index is 0.376. The number of benzene rings is 1. The molecule has 3 nitrogen and oxygen atoms in total. The Morgan fingerprint density at radius 2 is 2.00 bits per heavy atom. The van der Waals surface area contributed by atoms with Crippen molar-refractivity contribution in [2.75, 3.05) is 20.1 Å². The van der Waals surface area contributed by atoms with E-state index in [4.69, 9.17) is 0 Å². The third-order valence-electron chi connectivity index (χ3n) is 3.34. The summed E-state index contributed by atoms with van der Waals surface area (Å²) in [6, 6.07) is 8.67.